The zero-order chi connectivity index (χ0) is 30.5. The third kappa shape index (κ3) is 4.96. The minimum absolute atomic E-state index is 0.0442. The highest BCUT2D eigenvalue weighted by Crippen LogP contribution is 2.56. The van der Waals surface area contributed by atoms with Crippen molar-refractivity contribution in [2.75, 3.05) is 27.0 Å². The predicted octanol–water partition coefficient (Wildman–Crippen LogP) is 4.97. The number of cyclic esters (lactones) is 1. The fraction of sp³-hybridized carbons (Fsp3) is 0.486. The van der Waals surface area contributed by atoms with Crippen LogP contribution in [0, 0.1) is 0 Å². The van der Waals surface area contributed by atoms with E-state index < -0.39 is 29.2 Å². The van der Waals surface area contributed by atoms with Gasteiger partial charge in [0.05, 0.1) is 37.2 Å². The highest BCUT2D eigenvalue weighted by molar-refractivity contribution is 5.94. The highest BCUT2D eigenvalue weighted by atomic mass is 16.7. The molecule has 0 bridgehead atoms. The van der Waals surface area contributed by atoms with Crippen LogP contribution >= 0.6 is 0 Å². The molecule has 5 aliphatic rings. The van der Waals surface area contributed by atoms with Gasteiger partial charge in [0.2, 0.25) is 12.4 Å². The topological polar surface area (TPSA) is 92.8 Å². The number of fused-ring (bicyclic) bond motifs is 3. The van der Waals surface area contributed by atoms with Gasteiger partial charge in [-0.05, 0) is 74.6 Å². The van der Waals surface area contributed by atoms with E-state index in [2.05, 4.69) is 23.1 Å². The number of ether oxygens (including phenoxy) is 6. The summed E-state index contributed by atoms with van der Waals surface area (Å²) in [6, 6.07) is 14.1. The fourth-order valence-electron chi connectivity index (χ4n) is 7.50. The minimum atomic E-state index is -1.39. The smallest absolute Gasteiger partial charge is 0.352 e. The van der Waals surface area contributed by atoms with Gasteiger partial charge in [-0.3, -0.25) is 9.69 Å². The minimum Gasteiger partial charge on any atom is -0.497 e. The molecule has 2 fully saturated rings. The summed E-state index contributed by atoms with van der Waals surface area (Å²) < 4.78 is 35.5. The van der Waals surface area contributed by atoms with Crippen molar-refractivity contribution in [3.63, 3.8) is 0 Å². The van der Waals surface area contributed by atoms with E-state index >= 15 is 0 Å². The van der Waals surface area contributed by atoms with E-state index in [0.29, 0.717) is 18.1 Å². The van der Waals surface area contributed by atoms with Crippen molar-refractivity contribution in [2.24, 2.45) is 0 Å². The number of hydrogen-bond donors (Lipinski definition) is 0. The van der Waals surface area contributed by atoms with Gasteiger partial charge in [0.1, 0.15) is 5.76 Å². The molecule has 1 aliphatic carbocycles. The Hall–Kier alpha value is -3.82. The average molecular weight is 602 g/mol. The molecule has 0 N–H and O–H groups in total. The SMILES string of the molecule is COC1=C[C@]23CCCN2CCc2cc4c(cc2[C@@H]3[C@@H]1OC(=O)[C@@]1(C/C=C/C(C)(C)OCc2ccccc2)CC(=O)O1)OCO4. The summed E-state index contributed by atoms with van der Waals surface area (Å²) in [6.07, 6.45) is 8.20. The van der Waals surface area contributed by atoms with Crippen LogP contribution < -0.4 is 9.47 Å². The molecule has 9 heteroatoms. The first-order valence-electron chi connectivity index (χ1n) is 15.4. The largest absolute Gasteiger partial charge is 0.497 e. The standard InChI is InChI=1S/C35H39NO8/c1-33(2,42-21-23-9-5-4-6-10-23)12-7-14-35(20-29(37)44-35)32(38)43-31-28(39-3)19-34-13-8-15-36(34)16-11-24-17-26-27(41-22-40-26)18-25(24)30(31)34/h4-7,9-10,12,17-19,30-31H,8,11,13-16,20-22H2,1-3H3/b12-7+/t30-,31-,34+,35-/m1/s1. The lowest BCUT2D eigenvalue weighted by Gasteiger charge is -2.41. The second-order valence-electron chi connectivity index (χ2n) is 12.9. The number of hydrogen-bond acceptors (Lipinski definition) is 9. The Morgan fingerprint density at radius 1 is 1.14 bits per heavy atom. The summed E-state index contributed by atoms with van der Waals surface area (Å²) in [4.78, 5) is 28.7. The van der Waals surface area contributed by atoms with Gasteiger partial charge in [0, 0.05) is 13.0 Å². The molecule has 2 aromatic carbocycles. The van der Waals surface area contributed by atoms with Crippen molar-refractivity contribution in [3.05, 3.63) is 83.1 Å². The van der Waals surface area contributed by atoms with Gasteiger partial charge in [-0.1, -0.05) is 42.5 Å². The molecule has 2 aromatic rings. The third-order valence-corrected chi connectivity index (χ3v) is 9.73. The van der Waals surface area contributed by atoms with E-state index in [1.54, 1.807) is 7.11 Å². The third-order valence-electron chi connectivity index (χ3n) is 9.73. The monoisotopic (exact) mass is 601 g/mol. The van der Waals surface area contributed by atoms with E-state index in [-0.39, 0.29) is 31.1 Å². The van der Waals surface area contributed by atoms with Crippen molar-refractivity contribution in [1.82, 2.24) is 4.90 Å². The summed E-state index contributed by atoms with van der Waals surface area (Å²) in [5, 5.41) is 0. The summed E-state index contributed by atoms with van der Waals surface area (Å²) in [6.45, 7) is 6.40. The molecule has 1 spiro atoms. The van der Waals surface area contributed by atoms with Crippen molar-refractivity contribution in [1.29, 1.82) is 0 Å². The van der Waals surface area contributed by atoms with E-state index in [1.165, 1.54) is 0 Å². The maximum atomic E-state index is 14.0. The fourth-order valence-corrected chi connectivity index (χ4v) is 7.50. The first kappa shape index (κ1) is 28.9. The Kier molecular flexibility index (Phi) is 7.21. The van der Waals surface area contributed by atoms with Gasteiger partial charge in [-0.2, -0.15) is 0 Å². The number of carbonyl (C=O) groups excluding carboxylic acids is 2. The zero-order valence-electron chi connectivity index (χ0n) is 25.5. The molecule has 0 unspecified atom stereocenters. The van der Waals surface area contributed by atoms with E-state index in [4.69, 9.17) is 28.4 Å². The van der Waals surface area contributed by atoms with Crippen LogP contribution in [0.4, 0.5) is 0 Å². The molecule has 2 saturated heterocycles. The Bertz CT molecular complexity index is 1510. The van der Waals surface area contributed by atoms with Crippen molar-refractivity contribution < 1.29 is 38.0 Å². The molecule has 44 heavy (non-hydrogen) atoms. The number of nitrogens with zero attached hydrogens (tertiary/aromatic N) is 1. The molecular weight excluding hydrogens is 562 g/mol. The second kappa shape index (κ2) is 11.0. The maximum absolute atomic E-state index is 14.0. The van der Waals surface area contributed by atoms with Gasteiger partial charge in [0.25, 0.3) is 0 Å². The van der Waals surface area contributed by atoms with Gasteiger partial charge in [0.15, 0.2) is 17.6 Å². The molecule has 0 aromatic heterocycles. The lowest BCUT2D eigenvalue weighted by molar-refractivity contribution is -0.210. The van der Waals surface area contributed by atoms with Gasteiger partial charge >= 0.3 is 11.9 Å². The molecule has 4 atom stereocenters. The van der Waals surface area contributed by atoms with Gasteiger partial charge in [-0.15, -0.1) is 0 Å². The average Bonchev–Trinajstić information content (AvgIpc) is 3.69. The normalized spacial score (nSPS) is 28.8. The predicted molar refractivity (Wildman–Crippen MR) is 160 cm³/mol. The Morgan fingerprint density at radius 2 is 1.91 bits per heavy atom. The molecule has 232 valence electrons. The van der Waals surface area contributed by atoms with Crippen molar-refractivity contribution >= 4 is 11.9 Å². The first-order chi connectivity index (χ1) is 21.2. The Labute approximate surface area is 257 Å². The van der Waals surface area contributed by atoms with Gasteiger partial charge in [-0.25, -0.2) is 4.79 Å². The maximum Gasteiger partial charge on any atom is 0.352 e. The van der Waals surface area contributed by atoms with Crippen LogP contribution in [0.1, 0.15) is 62.1 Å². The van der Waals surface area contributed by atoms with Gasteiger partial charge < -0.3 is 28.4 Å². The Balaban J connectivity index is 1.14. The highest BCUT2D eigenvalue weighted by Gasteiger charge is 2.60. The lowest BCUT2D eigenvalue weighted by Crippen LogP contribution is -2.56. The molecule has 9 nitrogen and oxygen atoms in total. The number of benzene rings is 2. The molecule has 4 aliphatic heterocycles. The molecule has 0 saturated carbocycles. The lowest BCUT2D eigenvalue weighted by atomic mass is 9.77. The summed E-state index contributed by atoms with van der Waals surface area (Å²) in [5.74, 6) is 0.875. The number of methoxy groups -OCH3 is 1. The zero-order valence-corrected chi connectivity index (χ0v) is 25.5. The van der Waals surface area contributed by atoms with Crippen LogP contribution in [0.25, 0.3) is 0 Å². The molecular formula is C35H39NO8. The van der Waals surface area contributed by atoms with Crippen LogP contribution in [0.5, 0.6) is 11.5 Å². The van der Waals surface area contributed by atoms with Crippen LogP contribution in [-0.2, 0) is 41.6 Å². The molecule has 4 heterocycles. The van der Waals surface area contributed by atoms with Crippen molar-refractivity contribution in [3.8, 4) is 11.5 Å². The molecule has 0 radical (unpaired) electrons. The summed E-state index contributed by atoms with van der Waals surface area (Å²) in [7, 11) is 1.62. The van der Waals surface area contributed by atoms with Crippen LogP contribution in [0.2, 0.25) is 0 Å². The van der Waals surface area contributed by atoms with E-state index in [0.717, 1.165) is 54.8 Å². The van der Waals surface area contributed by atoms with Crippen molar-refractivity contribution in [2.45, 2.75) is 81.3 Å². The summed E-state index contributed by atoms with van der Waals surface area (Å²) in [5.41, 5.74) is 0.972. The number of rotatable bonds is 9. The quantitative estimate of drug-likeness (QED) is 0.292. The number of esters is 2. The molecule has 0 amide bonds. The summed E-state index contributed by atoms with van der Waals surface area (Å²) >= 11 is 0. The molecule has 7 rings (SSSR count). The van der Waals surface area contributed by atoms with Crippen LogP contribution in [0.3, 0.4) is 0 Å². The number of carbonyl (C=O) groups is 2. The van der Waals surface area contributed by atoms with E-state index in [9.17, 15) is 9.59 Å². The second-order valence-corrected chi connectivity index (χ2v) is 12.9. The first-order valence-corrected chi connectivity index (χ1v) is 15.4. The Morgan fingerprint density at radius 3 is 2.66 bits per heavy atom. The van der Waals surface area contributed by atoms with E-state index in [1.807, 2.05) is 56.3 Å². The van der Waals surface area contributed by atoms with Crippen LogP contribution in [0.15, 0.2) is 66.5 Å². The van der Waals surface area contributed by atoms with Crippen LogP contribution in [-0.4, -0.2) is 66.7 Å².